The van der Waals surface area contributed by atoms with Crippen LogP contribution in [0.15, 0.2) is 12.4 Å². The molecule has 0 bridgehead atoms. The summed E-state index contributed by atoms with van der Waals surface area (Å²) in [5, 5.41) is 3.31. The fourth-order valence-electron chi connectivity index (χ4n) is 2.69. The summed E-state index contributed by atoms with van der Waals surface area (Å²) in [7, 11) is 3.96. The molecular weight excluding hydrogens is 242 g/mol. The summed E-state index contributed by atoms with van der Waals surface area (Å²) in [5.74, 6) is 0.0572. The monoisotopic (exact) mass is 263 g/mol. The van der Waals surface area contributed by atoms with Gasteiger partial charge in [0.1, 0.15) is 0 Å². The molecule has 104 valence electrons. The molecule has 1 aromatic heterocycles. The molecule has 2 rings (SSSR count). The third-order valence-corrected chi connectivity index (χ3v) is 3.90. The van der Waals surface area contributed by atoms with Gasteiger partial charge in [0.25, 0.3) is 5.91 Å². The second-order valence-electron chi connectivity index (χ2n) is 5.00. The quantitative estimate of drug-likeness (QED) is 0.828. The van der Waals surface area contributed by atoms with Gasteiger partial charge in [0, 0.05) is 31.5 Å². The first-order valence-electron chi connectivity index (χ1n) is 6.64. The average Bonchev–Trinajstić information content (AvgIpc) is 2.46. The molecule has 1 fully saturated rings. The Morgan fingerprint density at radius 2 is 1.95 bits per heavy atom. The summed E-state index contributed by atoms with van der Waals surface area (Å²) in [6, 6.07) is 0.988. The molecular formula is C13H21N5O. The van der Waals surface area contributed by atoms with Crippen LogP contribution in [-0.4, -0.2) is 42.1 Å². The summed E-state index contributed by atoms with van der Waals surface area (Å²) in [6.07, 6.45) is 7.52. The maximum atomic E-state index is 11.4. The minimum absolute atomic E-state index is 0.251. The third-order valence-electron chi connectivity index (χ3n) is 3.90. The van der Waals surface area contributed by atoms with E-state index in [1.807, 2.05) is 19.0 Å². The highest BCUT2D eigenvalue weighted by Crippen LogP contribution is 2.26. The van der Waals surface area contributed by atoms with Crippen LogP contribution in [0.3, 0.4) is 0 Å². The molecule has 19 heavy (non-hydrogen) atoms. The lowest BCUT2D eigenvalue weighted by Crippen LogP contribution is -2.41. The largest absolute Gasteiger partial charge is 0.364 e. The zero-order chi connectivity index (χ0) is 13.8. The van der Waals surface area contributed by atoms with Crippen molar-refractivity contribution in [2.45, 2.75) is 37.8 Å². The molecule has 0 aliphatic heterocycles. The number of primary amides is 1. The Morgan fingerprint density at radius 1 is 1.32 bits per heavy atom. The molecule has 1 amide bonds. The van der Waals surface area contributed by atoms with Crippen molar-refractivity contribution in [3.05, 3.63) is 18.1 Å². The summed E-state index contributed by atoms with van der Waals surface area (Å²) >= 11 is 0. The Balaban J connectivity index is 2.12. The third kappa shape index (κ3) is 3.01. The number of hydrogen-bond donors (Lipinski definition) is 2. The van der Waals surface area contributed by atoms with Crippen LogP contribution in [0.4, 0.5) is 5.82 Å². The second-order valence-corrected chi connectivity index (χ2v) is 5.00. The van der Waals surface area contributed by atoms with Crippen molar-refractivity contribution in [3.63, 3.8) is 0 Å². The predicted molar refractivity (Wildman–Crippen MR) is 74.1 cm³/mol. The number of nitrogens with two attached hydrogens (primary N) is 1. The van der Waals surface area contributed by atoms with Gasteiger partial charge < -0.3 is 16.0 Å². The highest BCUT2D eigenvalue weighted by Gasteiger charge is 2.26. The smallest absolute Gasteiger partial charge is 0.271 e. The maximum Gasteiger partial charge on any atom is 0.271 e. The van der Waals surface area contributed by atoms with Crippen LogP contribution in [-0.2, 0) is 0 Å². The Labute approximate surface area is 113 Å². The zero-order valence-electron chi connectivity index (χ0n) is 11.5. The standard InChI is InChI=1S/C13H21N5O/c1-15-9-3-5-10(6-4-9)18(2)13-11(12(14)19)16-7-8-17-13/h7-10,15H,3-6H2,1-2H3,(H2,14,19). The SMILES string of the molecule is CNC1CCC(N(C)c2nccnc2C(N)=O)CC1. The van der Waals surface area contributed by atoms with E-state index in [0.29, 0.717) is 17.9 Å². The van der Waals surface area contributed by atoms with E-state index < -0.39 is 5.91 Å². The number of hydrogen-bond acceptors (Lipinski definition) is 5. The van der Waals surface area contributed by atoms with Crippen LogP contribution in [0, 0.1) is 0 Å². The van der Waals surface area contributed by atoms with Gasteiger partial charge in [-0.05, 0) is 32.7 Å². The number of aromatic nitrogens is 2. The molecule has 1 aliphatic carbocycles. The minimum Gasteiger partial charge on any atom is -0.364 e. The molecule has 1 heterocycles. The van der Waals surface area contributed by atoms with Gasteiger partial charge in [0.05, 0.1) is 0 Å². The summed E-state index contributed by atoms with van der Waals surface area (Å²) < 4.78 is 0. The van der Waals surface area contributed by atoms with Gasteiger partial charge in [-0.15, -0.1) is 0 Å². The lowest BCUT2D eigenvalue weighted by Gasteiger charge is -2.35. The number of amides is 1. The van der Waals surface area contributed by atoms with Crippen LogP contribution in [0.1, 0.15) is 36.2 Å². The van der Waals surface area contributed by atoms with Gasteiger partial charge in [-0.2, -0.15) is 0 Å². The van der Waals surface area contributed by atoms with Gasteiger partial charge >= 0.3 is 0 Å². The highest BCUT2D eigenvalue weighted by molar-refractivity contribution is 5.95. The number of carbonyl (C=O) groups excluding carboxylic acids is 1. The lowest BCUT2D eigenvalue weighted by molar-refractivity contribution is 0.0995. The van der Waals surface area contributed by atoms with Gasteiger partial charge in [-0.1, -0.05) is 0 Å². The van der Waals surface area contributed by atoms with E-state index in [-0.39, 0.29) is 5.69 Å². The van der Waals surface area contributed by atoms with Crippen LogP contribution in [0.25, 0.3) is 0 Å². The van der Waals surface area contributed by atoms with Crippen molar-refractivity contribution in [2.24, 2.45) is 5.73 Å². The van der Waals surface area contributed by atoms with Crippen molar-refractivity contribution in [1.29, 1.82) is 0 Å². The van der Waals surface area contributed by atoms with E-state index in [0.717, 1.165) is 25.7 Å². The van der Waals surface area contributed by atoms with Gasteiger partial charge in [-0.25, -0.2) is 9.97 Å². The summed E-state index contributed by atoms with van der Waals surface area (Å²) in [4.78, 5) is 21.7. The van der Waals surface area contributed by atoms with Crippen LogP contribution in [0.5, 0.6) is 0 Å². The Kier molecular flexibility index (Phi) is 4.31. The molecule has 0 saturated heterocycles. The number of nitrogens with zero attached hydrogens (tertiary/aromatic N) is 3. The first kappa shape index (κ1) is 13.7. The van der Waals surface area contributed by atoms with E-state index >= 15 is 0 Å². The predicted octanol–water partition coefficient (Wildman–Crippen LogP) is 0.542. The summed E-state index contributed by atoms with van der Waals surface area (Å²) in [6.45, 7) is 0. The molecule has 1 aromatic rings. The van der Waals surface area contributed by atoms with Gasteiger partial charge in [-0.3, -0.25) is 4.79 Å². The number of nitrogens with one attached hydrogen (secondary N) is 1. The molecule has 0 radical (unpaired) electrons. The van der Waals surface area contributed by atoms with E-state index in [1.165, 1.54) is 6.20 Å². The molecule has 1 aliphatic rings. The first-order chi connectivity index (χ1) is 9.13. The molecule has 0 aromatic carbocycles. The normalized spacial score (nSPS) is 23.1. The van der Waals surface area contributed by atoms with Crippen LogP contribution < -0.4 is 16.0 Å². The first-order valence-corrected chi connectivity index (χ1v) is 6.64. The minimum atomic E-state index is -0.529. The average molecular weight is 263 g/mol. The van der Waals surface area contributed by atoms with E-state index in [9.17, 15) is 4.79 Å². The molecule has 0 atom stereocenters. The van der Waals surface area contributed by atoms with Gasteiger partial charge in [0.2, 0.25) is 0 Å². The van der Waals surface area contributed by atoms with Crippen molar-refractivity contribution in [1.82, 2.24) is 15.3 Å². The summed E-state index contributed by atoms with van der Waals surface area (Å²) in [5.41, 5.74) is 5.60. The fourth-order valence-corrected chi connectivity index (χ4v) is 2.69. The lowest BCUT2D eigenvalue weighted by atomic mass is 9.90. The molecule has 3 N–H and O–H groups in total. The van der Waals surface area contributed by atoms with Crippen LogP contribution >= 0.6 is 0 Å². The molecule has 6 nitrogen and oxygen atoms in total. The van der Waals surface area contributed by atoms with Crippen molar-refractivity contribution in [2.75, 3.05) is 19.0 Å². The van der Waals surface area contributed by atoms with E-state index in [1.54, 1.807) is 6.20 Å². The molecule has 6 heteroatoms. The van der Waals surface area contributed by atoms with Crippen molar-refractivity contribution < 1.29 is 4.79 Å². The Bertz CT molecular complexity index is 442. The second kappa shape index (κ2) is 5.97. The molecule has 0 spiro atoms. The maximum absolute atomic E-state index is 11.4. The molecule has 0 unspecified atom stereocenters. The highest BCUT2D eigenvalue weighted by atomic mass is 16.1. The van der Waals surface area contributed by atoms with E-state index in [2.05, 4.69) is 15.3 Å². The topological polar surface area (TPSA) is 84.1 Å². The van der Waals surface area contributed by atoms with Crippen molar-refractivity contribution >= 4 is 11.7 Å². The number of rotatable bonds is 4. The zero-order valence-corrected chi connectivity index (χ0v) is 11.5. The Hall–Kier alpha value is -1.69. The fraction of sp³-hybridized carbons (Fsp3) is 0.615. The van der Waals surface area contributed by atoms with Crippen molar-refractivity contribution in [3.8, 4) is 0 Å². The van der Waals surface area contributed by atoms with Gasteiger partial charge in [0.15, 0.2) is 11.5 Å². The van der Waals surface area contributed by atoms with E-state index in [4.69, 9.17) is 5.73 Å². The number of anilines is 1. The Morgan fingerprint density at radius 3 is 2.53 bits per heavy atom. The number of carbonyl (C=O) groups is 1. The molecule has 1 saturated carbocycles. The van der Waals surface area contributed by atoms with Crippen LogP contribution in [0.2, 0.25) is 0 Å².